The number of phenols is 1. The minimum atomic E-state index is -2.83. The molecule has 0 aliphatic heterocycles. The van der Waals surface area contributed by atoms with Gasteiger partial charge in [-0.05, 0) is 13.0 Å². The lowest BCUT2D eigenvalue weighted by Crippen LogP contribution is -2.05. The largest absolute Gasteiger partial charge is 0.508 e. The van der Waals surface area contributed by atoms with Crippen molar-refractivity contribution in [2.45, 2.75) is 13.3 Å². The Morgan fingerprint density at radius 2 is 2.07 bits per heavy atom. The van der Waals surface area contributed by atoms with Crippen LogP contribution in [0.1, 0.15) is 29.3 Å². The average molecular weight is 201 g/mol. The number of Topliss-reactive ketones (excluding diaryl/α,β-unsaturated/α-hetero) is 1. The Balaban J connectivity index is 3.44. The van der Waals surface area contributed by atoms with Crippen LogP contribution in [0.25, 0.3) is 0 Å². The zero-order valence-electron chi connectivity index (χ0n) is 7.42. The zero-order chi connectivity index (χ0) is 10.9. The van der Waals surface area contributed by atoms with E-state index in [2.05, 4.69) is 0 Å². The van der Waals surface area contributed by atoms with Crippen LogP contribution in [0.5, 0.6) is 5.75 Å². The second kappa shape index (κ2) is 3.61. The van der Waals surface area contributed by atoms with Crippen LogP contribution in [0.15, 0.2) is 12.1 Å². The molecule has 0 amide bonds. The number of carbonyl (C=O) groups excluding carboxylic acids is 1. The number of phenolic OH excluding ortho intramolecular Hbond substituents is 1. The van der Waals surface area contributed by atoms with Gasteiger partial charge < -0.3 is 10.8 Å². The number of nitrogen functional groups attached to an aromatic ring is 1. The second-order valence-electron chi connectivity index (χ2n) is 2.86. The van der Waals surface area contributed by atoms with E-state index >= 15 is 0 Å². The molecule has 0 aliphatic carbocycles. The fraction of sp³-hybridized carbons (Fsp3) is 0.222. The number of hydrogen-bond donors (Lipinski definition) is 2. The first kappa shape index (κ1) is 10.4. The van der Waals surface area contributed by atoms with E-state index in [4.69, 9.17) is 10.8 Å². The third-order valence-electron chi connectivity index (χ3n) is 1.77. The van der Waals surface area contributed by atoms with Crippen molar-refractivity contribution in [3.8, 4) is 5.75 Å². The van der Waals surface area contributed by atoms with Gasteiger partial charge in [-0.25, -0.2) is 8.78 Å². The molecule has 0 saturated carbocycles. The summed E-state index contributed by atoms with van der Waals surface area (Å²) in [5.74, 6) is -0.916. The van der Waals surface area contributed by atoms with E-state index in [1.807, 2.05) is 0 Å². The van der Waals surface area contributed by atoms with E-state index in [1.165, 1.54) is 0 Å². The third kappa shape index (κ3) is 1.81. The number of rotatable bonds is 2. The molecule has 0 bridgehead atoms. The zero-order valence-corrected chi connectivity index (χ0v) is 7.42. The number of benzene rings is 1. The number of ketones is 1. The molecule has 0 radical (unpaired) electrons. The molecule has 0 spiro atoms. The van der Waals surface area contributed by atoms with Crippen LogP contribution in [0.2, 0.25) is 0 Å². The maximum Gasteiger partial charge on any atom is 0.264 e. The maximum atomic E-state index is 12.4. The molecule has 1 aromatic rings. The van der Waals surface area contributed by atoms with Gasteiger partial charge in [0.1, 0.15) is 5.75 Å². The first-order chi connectivity index (χ1) is 6.43. The minimum absolute atomic E-state index is 0.132. The predicted octanol–water partition coefficient (Wildman–Crippen LogP) is 2.11. The molecule has 5 heteroatoms. The fourth-order valence-electron chi connectivity index (χ4n) is 1.25. The molecular weight excluding hydrogens is 192 g/mol. The molecular formula is C9H9F2NO2. The lowest BCUT2D eigenvalue weighted by molar-refractivity contribution is 0.1000. The van der Waals surface area contributed by atoms with Crippen LogP contribution in [-0.4, -0.2) is 10.9 Å². The summed E-state index contributed by atoms with van der Waals surface area (Å²) in [6, 6.07) is 1.92. The van der Waals surface area contributed by atoms with Crippen LogP contribution >= 0.6 is 0 Å². The van der Waals surface area contributed by atoms with E-state index in [0.717, 1.165) is 19.1 Å². The molecule has 0 atom stereocenters. The highest BCUT2D eigenvalue weighted by Crippen LogP contribution is 2.31. The molecule has 3 N–H and O–H groups in total. The highest BCUT2D eigenvalue weighted by atomic mass is 19.3. The predicted molar refractivity (Wildman–Crippen MR) is 47.5 cm³/mol. The van der Waals surface area contributed by atoms with Gasteiger partial charge in [0.05, 0.1) is 0 Å². The van der Waals surface area contributed by atoms with Crippen molar-refractivity contribution in [2.24, 2.45) is 0 Å². The van der Waals surface area contributed by atoms with Crippen molar-refractivity contribution in [3.63, 3.8) is 0 Å². The minimum Gasteiger partial charge on any atom is -0.508 e. The van der Waals surface area contributed by atoms with E-state index < -0.39 is 17.8 Å². The molecule has 3 nitrogen and oxygen atoms in total. The van der Waals surface area contributed by atoms with Gasteiger partial charge in [-0.1, -0.05) is 0 Å². The van der Waals surface area contributed by atoms with Crippen molar-refractivity contribution in [1.29, 1.82) is 0 Å². The van der Waals surface area contributed by atoms with Crippen LogP contribution in [0, 0.1) is 0 Å². The Hall–Kier alpha value is -1.65. The Bertz CT molecular complexity index is 377. The Morgan fingerprint density at radius 1 is 1.50 bits per heavy atom. The van der Waals surface area contributed by atoms with Gasteiger partial charge in [0.25, 0.3) is 6.43 Å². The van der Waals surface area contributed by atoms with Gasteiger partial charge >= 0.3 is 0 Å². The van der Waals surface area contributed by atoms with Gasteiger partial charge in [0, 0.05) is 22.9 Å². The molecule has 0 aliphatic rings. The monoisotopic (exact) mass is 201 g/mol. The van der Waals surface area contributed by atoms with Crippen molar-refractivity contribution >= 4 is 11.5 Å². The highest BCUT2D eigenvalue weighted by molar-refractivity contribution is 6.00. The summed E-state index contributed by atoms with van der Waals surface area (Å²) in [7, 11) is 0. The fourth-order valence-corrected chi connectivity index (χ4v) is 1.25. The molecule has 76 valence electrons. The average Bonchev–Trinajstić information content (AvgIpc) is 2.01. The summed E-state index contributed by atoms with van der Waals surface area (Å²) in [4.78, 5) is 11.0. The first-order valence-corrected chi connectivity index (χ1v) is 3.85. The Morgan fingerprint density at radius 3 is 2.50 bits per heavy atom. The van der Waals surface area contributed by atoms with Gasteiger partial charge in [-0.2, -0.15) is 0 Å². The Labute approximate surface area is 79.2 Å². The molecule has 0 saturated heterocycles. The third-order valence-corrected chi connectivity index (χ3v) is 1.77. The van der Waals surface area contributed by atoms with Crippen molar-refractivity contribution in [2.75, 3.05) is 5.73 Å². The lowest BCUT2D eigenvalue weighted by Gasteiger charge is -2.09. The van der Waals surface area contributed by atoms with Gasteiger partial charge in [0.2, 0.25) is 0 Å². The van der Waals surface area contributed by atoms with Crippen LogP contribution < -0.4 is 5.73 Å². The van der Waals surface area contributed by atoms with E-state index in [1.54, 1.807) is 0 Å². The Kier molecular flexibility index (Phi) is 2.69. The summed E-state index contributed by atoms with van der Waals surface area (Å²) in [6.45, 7) is 1.15. The van der Waals surface area contributed by atoms with E-state index in [0.29, 0.717) is 0 Å². The lowest BCUT2D eigenvalue weighted by atomic mass is 10.0. The van der Waals surface area contributed by atoms with Crippen molar-refractivity contribution in [1.82, 2.24) is 0 Å². The number of aromatic hydroxyl groups is 1. The molecule has 0 fully saturated rings. The molecule has 0 unspecified atom stereocenters. The molecule has 14 heavy (non-hydrogen) atoms. The van der Waals surface area contributed by atoms with Gasteiger partial charge in [-0.15, -0.1) is 0 Å². The standard InChI is InChI=1S/C9H9F2NO2/c1-4(13)8-6(9(10)11)2-5(14)3-7(8)12/h2-3,9,14H,12H2,1H3. The topological polar surface area (TPSA) is 63.3 Å². The number of anilines is 1. The SMILES string of the molecule is CC(=O)c1c(N)cc(O)cc1C(F)F. The summed E-state index contributed by atoms with van der Waals surface area (Å²) in [5, 5.41) is 9.02. The normalized spacial score (nSPS) is 10.6. The van der Waals surface area contributed by atoms with E-state index in [-0.39, 0.29) is 17.0 Å². The number of halogens is 2. The summed E-state index contributed by atoms with van der Waals surface area (Å²) in [6.07, 6.45) is -2.83. The maximum absolute atomic E-state index is 12.4. The summed E-state index contributed by atoms with van der Waals surface area (Å²) in [5.41, 5.74) is 4.46. The van der Waals surface area contributed by atoms with Gasteiger partial charge in [-0.3, -0.25) is 4.79 Å². The molecule has 1 rings (SSSR count). The van der Waals surface area contributed by atoms with E-state index in [9.17, 15) is 13.6 Å². The van der Waals surface area contributed by atoms with Crippen LogP contribution in [-0.2, 0) is 0 Å². The molecule has 1 aromatic carbocycles. The smallest absolute Gasteiger partial charge is 0.264 e. The van der Waals surface area contributed by atoms with Crippen LogP contribution in [0.4, 0.5) is 14.5 Å². The number of nitrogens with two attached hydrogens (primary N) is 1. The van der Waals surface area contributed by atoms with Crippen molar-refractivity contribution in [3.05, 3.63) is 23.3 Å². The van der Waals surface area contributed by atoms with Crippen LogP contribution in [0.3, 0.4) is 0 Å². The quantitative estimate of drug-likeness (QED) is 0.569. The van der Waals surface area contributed by atoms with Gasteiger partial charge in [0.15, 0.2) is 5.78 Å². The summed E-state index contributed by atoms with van der Waals surface area (Å²) >= 11 is 0. The summed E-state index contributed by atoms with van der Waals surface area (Å²) < 4.78 is 24.9. The molecule has 0 aromatic heterocycles. The first-order valence-electron chi connectivity index (χ1n) is 3.85. The number of carbonyl (C=O) groups is 1. The van der Waals surface area contributed by atoms with Crippen molar-refractivity contribution < 1.29 is 18.7 Å². The number of hydrogen-bond acceptors (Lipinski definition) is 3. The second-order valence-corrected chi connectivity index (χ2v) is 2.86. The molecule has 0 heterocycles. The highest BCUT2D eigenvalue weighted by Gasteiger charge is 2.19. The number of alkyl halides is 2.